The topological polar surface area (TPSA) is 0 Å². The van der Waals surface area contributed by atoms with Crippen molar-refractivity contribution < 1.29 is 29.6 Å². The zero-order valence-corrected chi connectivity index (χ0v) is 8.73. The first-order valence-electron chi connectivity index (χ1n) is 2.58. The quantitative estimate of drug-likeness (QED) is 0.348. The molecule has 0 saturated heterocycles. The van der Waals surface area contributed by atoms with Gasteiger partial charge in [0.2, 0.25) is 0 Å². The van der Waals surface area contributed by atoms with Crippen LogP contribution in [-0.4, -0.2) is 6.66 Å². The summed E-state index contributed by atoms with van der Waals surface area (Å²) in [6.45, 7) is 2.13. The smallest absolute Gasteiger partial charge is 0.510 e. The fourth-order valence-corrected chi connectivity index (χ4v) is 1.05. The van der Waals surface area contributed by atoms with Crippen LogP contribution in [-0.2, 0) is 0 Å². The summed E-state index contributed by atoms with van der Waals surface area (Å²) in [4.78, 5) is 0. The van der Waals surface area contributed by atoms with E-state index in [9.17, 15) is 0 Å². The molecule has 1 aromatic rings. The van der Waals surface area contributed by atoms with Crippen LogP contribution in [0, 0.1) is 0 Å². The van der Waals surface area contributed by atoms with E-state index in [1.54, 1.807) is 0 Å². The molecule has 0 heterocycles. The van der Waals surface area contributed by atoms with E-state index < -0.39 is 0 Å². The average molecular weight is 146 g/mol. The molecule has 0 nitrogen and oxygen atoms in total. The van der Waals surface area contributed by atoms with Gasteiger partial charge in [-0.15, -0.1) is 0 Å². The molecular formula is C7H8NaP. The molecule has 0 radical (unpaired) electrons. The van der Waals surface area contributed by atoms with Gasteiger partial charge in [0.15, 0.2) is 0 Å². The second-order valence-corrected chi connectivity index (χ2v) is 2.52. The van der Waals surface area contributed by atoms with Crippen molar-refractivity contribution in [3.8, 4) is 0 Å². The maximum atomic E-state index is 2.13. The van der Waals surface area contributed by atoms with Gasteiger partial charge in [-0.1, -0.05) is 30.3 Å². The van der Waals surface area contributed by atoms with Gasteiger partial charge in [-0.2, -0.15) is 6.66 Å². The Morgan fingerprint density at radius 3 is 2.00 bits per heavy atom. The fourth-order valence-electron chi connectivity index (χ4n) is 0.577. The number of hydrogen-bond acceptors (Lipinski definition) is 0. The third-order valence-electron chi connectivity index (χ3n) is 1.01. The molecule has 0 fully saturated rings. The summed E-state index contributed by atoms with van der Waals surface area (Å²) in [5, 5.41) is 1.38. The number of benzene rings is 1. The van der Waals surface area contributed by atoms with Crippen molar-refractivity contribution >= 4 is 13.9 Å². The second kappa shape index (κ2) is 5.44. The summed E-state index contributed by atoms with van der Waals surface area (Å²) >= 11 is 0. The summed E-state index contributed by atoms with van der Waals surface area (Å²) in [5.74, 6) is 0. The average Bonchev–Trinajstić information content (AvgIpc) is 1.90. The first-order valence-corrected chi connectivity index (χ1v) is 3.92. The minimum Gasteiger partial charge on any atom is -0.510 e. The molecule has 0 amide bonds. The van der Waals surface area contributed by atoms with Crippen LogP contribution in [0.3, 0.4) is 0 Å². The van der Waals surface area contributed by atoms with E-state index in [0.717, 1.165) is 0 Å². The molecule has 0 bridgehead atoms. The Kier molecular flexibility index (Phi) is 5.83. The van der Waals surface area contributed by atoms with Crippen molar-refractivity contribution in [2.75, 3.05) is 6.66 Å². The number of hydrogen-bond donors (Lipinski definition) is 0. The molecule has 2 heteroatoms. The molecule has 1 rings (SSSR count). The summed E-state index contributed by atoms with van der Waals surface area (Å²) in [5.41, 5.74) is 0. The minimum absolute atomic E-state index is 0. The van der Waals surface area contributed by atoms with E-state index in [-0.39, 0.29) is 29.6 Å². The van der Waals surface area contributed by atoms with Crippen molar-refractivity contribution in [1.29, 1.82) is 0 Å². The van der Waals surface area contributed by atoms with Gasteiger partial charge in [-0.25, -0.2) is 5.30 Å². The molecular weight excluding hydrogens is 138 g/mol. The first-order chi connectivity index (χ1) is 3.93. The second-order valence-electron chi connectivity index (χ2n) is 1.56. The molecule has 0 aliphatic rings. The molecule has 42 valence electrons. The standard InChI is InChI=1S/C7H8P.Na/c1-8-7-5-3-2-4-6-7;/h2-6H,1H3;/q-1;+1. The van der Waals surface area contributed by atoms with Crippen molar-refractivity contribution in [3.63, 3.8) is 0 Å². The van der Waals surface area contributed by atoms with Crippen LogP contribution in [0.15, 0.2) is 30.3 Å². The molecule has 0 unspecified atom stereocenters. The predicted molar refractivity (Wildman–Crippen MR) is 38.9 cm³/mol. The molecule has 9 heavy (non-hydrogen) atoms. The summed E-state index contributed by atoms with van der Waals surface area (Å²) in [6, 6.07) is 10.4. The van der Waals surface area contributed by atoms with Gasteiger partial charge in [0.05, 0.1) is 0 Å². The molecule has 1 aromatic carbocycles. The molecule has 0 spiro atoms. The maximum absolute atomic E-state index is 2.13. The zero-order valence-electron chi connectivity index (χ0n) is 5.83. The van der Waals surface area contributed by atoms with Crippen LogP contribution in [0.1, 0.15) is 0 Å². The van der Waals surface area contributed by atoms with Gasteiger partial charge in [-0.3, -0.25) is 0 Å². The largest absolute Gasteiger partial charge is 1.00 e. The molecule has 0 aliphatic carbocycles. The Morgan fingerprint density at radius 2 is 1.67 bits per heavy atom. The van der Waals surface area contributed by atoms with E-state index >= 15 is 0 Å². The molecule has 0 atom stereocenters. The Balaban J connectivity index is 0.000000640. The van der Waals surface area contributed by atoms with Crippen LogP contribution >= 0.6 is 8.58 Å². The van der Waals surface area contributed by atoms with E-state index in [4.69, 9.17) is 0 Å². The predicted octanol–water partition coefficient (Wildman–Crippen LogP) is -1.11. The SMILES string of the molecule is C[P-]c1ccccc1.[Na+]. The normalized spacial score (nSPS) is 9.44. The van der Waals surface area contributed by atoms with Crippen LogP contribution in [0.2, 0.25) is 0 Å². The third kappa shape index (κ3) is 3.37. The summed E-state index contributed by atoms with van der Waals surface area (Å²) in [7, 11) is 1.35. The van der Waals surface area contributed by atoms with Crippen molar-refractivity contribution in [2.24, 2.45) is 0 Å². The molecule has 0 aliphatic heterocycles. The van der Waals surface area contributed by atoms with Crippen molar-refractivity contribution in [2.45, 2.75) is 0 Å². The van der Waals surface area contributed by atoms with Gasteiger partial charge in [0.1, 0.15) is 0 Å². The Hall–Kier alpha value is 0.650. The van der Waals surface area contributed by atoms with Crippen molar-refractivity contribution in [3.05, 3.63) is 30.3 Å². The Morgan fingerprint density at radius 1 is 1.11 bits per heavy atom. The van der Waals surface area contributed by atoms with E-state index in [2.05, 4.69) is 30.9 Å². The van der Waals surface area contributed by atoms with Crippen LogP contribution < -0.4 is 34.9 Å². The van der Waals surface area contributed by atoms with Gasteiger partial charge in [0, 0.05) is 0 Å². The van der Waals surface area contributed by atoms with Gasteiger partial charge in [0.25, 0.3) is 0 Å². The Labute approximate surface area is 80.1 Å². The minimum atomic E-state index is 0. The third-order valence-corrected chi connectivity index (χ3v) is 1.83. The first kappa shape index (κ1) is 9.65. The van der Waals surface area contributed by atoms with E-state index in [0.29, 0.717) is 0 Å². The Bertz CT molecular complexity index is 150. The molecule has 0 saturated carbocycles. The van der Waals surface area contributed by atoms with Gasteiger partial charge in [-0.05, 0) is 0 Å². The fraction of sp³-hybridized carbons (Fsp3) is 0.143. The number of rotatable bonds is 1. The molecule has 0 N–H and O–H groups in total. The van der Waals surface area contributed by atoms with Crippen LogP contribution in [0.5, 0.6) is 0 Å². The van der Waals surface area contributed by atoms with Crippen molar-refractivity contribution in [1.82, 2.24) is 0 Å². The van der Waals surface area contributed by atoms with Crippen LogP contribution in [0.25, 0.3) is 0 Å². The van der Waals surface area contributed by atoms with Crippen LogP contribution in [0.4, 0.5) is 0 Å². The summed E-state index contributed by atoms with van der Waals surface area (Å²) in [6.07, 6.45) is 0. The zero-order chi connectivity index (χ0) is 5.82. The maximum Gasteiger partial charge on any atom is 1.00 e. The van der Waals surface area contributed by atoms with Gasteiger partial charge < -0.3 is 8.58 Å². The monoisotopic (exact) mass is 146 g/mol. The van der Waals surface area contributed by atoms with E-state index in [1.807, 2.05) is 6.07 Å². The summed E-state index contributed by atoms with van der Waals surface area (Å²) < 4.78 is 0. The molecule has 0 aromatic heterocycles. The van der Waals surface area contributed by atoms with Gasteiger partial charge >= 0.3 is 29.6 Å². The van der Waals surface area contributed by atoms with E-state index in [1.165, 1.54) is 13.9 Å².